The standard InChI is InChI=1S/C17H12ClF2N3O2/c1-8(2)13-9-4-3-5-11(19)14(9)21-6-10(13)16(24)25-15-12(20)7-22-17(18)23-15/h3-8H,1-2H3. The van der Waals surface area contributed by atoms with Crippen LogP contribution in [0.25, 0.3) is 10.9 Å². The zero-order valence-corrected chi connectivity index (χ0v) is 14.0. The fourth-order valence-electron chi connectivity index (χ4n) is 2.54. The number of aromatic nitrogens is 3. The summed E-state index contributed by atoms with van der Waals surface area (Å²) in [6.45, 7) is 3.69. The topological polar surface area (TPSA) is 65.0 Å². The number of carbonyl (C=O) groups is 1. The van der Waals surface area contributed by atoms with Crippen molar-refractivity contribution in [3.8, 4) is 5.88 Å². The van der Waals surface area contributed by atoms with Gasteiger partial charge in [-0.3, -0.25) is 4.98 Å². The first-order valence-corrected chi connectivity index (χ1v) is 7.73. The summed E-state index contributed by atoms with van der Waals surface area (Å²) >= 11 is 5.59. The summed E-state index contributed by atoms with van der Waals surface area (Å²) in [5, 5.41) is 0.234. The molecule has 2 heterocycles. The Hall–Kier alpha value is -2.67. The van der Waals surface area contributed by atoms with Crippen molar-refractivity contribution in [1.29, 1.82) is 0 Å². The van der Waals surface area contributed by atoms with Crippen molar-refractivity contribution in [3.63, 3.8) is 0 Å². The van der Waals surface area contributed by atoms with E-state index in [1.165, 1.54) is 18.3 Å². The molecule has 25 heavy (non-hydrogen) atoms. The number of hydrogen-bond donors (Lipinski definition) is 0. The number of rotatable bonds is 3. The van der Waals surface area contributed by atoms with Gasteiger partial charge < -0.3 is 4.74 Å². The van der Waals surface area contributed by atoms with Crippen LogP contribution in [0.3, 0.4) is 0 Å². The van der Waals surface area contributed by atoms with Crippen molar-refractivity contribution in [2.75, 3.05) is 0 Å². The van der Waals surface area contributed by atoms with E-state index in [0.717, 1.165) is 6.20 Å². The minimum absolute atomic E-state index is 0.0993. The van der Waals surface area contributed by atoms with Gasteiger partial charge in [-0.25, -0.2) is 14.2 Å². The number of hydrogen-bond acceptors (Lipinski definition) is 5. The summed E-state index contributed by atoms with van der Waals surface area (Å²) in [5.41, 5.74) is 0.802. The molecule has 0 bridgehead atoms. The molecular weight excluding hydrogens is 352 g/mol. The molecule has 0 amide bonds. The molecule has 0 fully saturated rings. The highest BCUT2D eigenvalue weighted by atomic mass is 35.5. The molecule has 5 nitrogen and oxygen atoms in total. The van der Waals surface area contributed by atoms with Gasteiger partial charge in [-0.05, 0) is 29.1 Å². The van der Waals surface area contributed by atoms with Gasteiger partial charge in [-0.1, -0.05) is 26.0 Å². The van der Waals surface area contributed by atoms with E-state index in [9.17, 15) is 13.6 Å². The van der Waals surface area contributed by atoms with E-state index in [2.05, 4.69) is 15.0 Å². The first kappa shape index (κ1) is 17.2. The van der Waals surface area contributed by atoms with Crippen LogP contribution in [-0.4, -0.2) is 20.9 Å². The lowest BCUT2D eigenvalue weighted by Gasteiger charge is -2.15. The third kappa shape index (κ3) is 3.28. The van der Waals surface area contributed by atoms with E-state index in [0.29, 0.717) is 10.9 Å². The smallest absolute Gasteiger partial charge is 0.346 e. The Morgan fingerprint density at radius 2 is 1.92 bits per heavy atom. The zero-order chi connectivity index (χ0) is 18.1. The van der Waals surface area contributed by atoms with Crippen LogP contribution in [-0.2, 0) is 0 Å². The van der Waals surface area contributed by atoms with Gasteiger partial charge in [0.25, 0.3) is 5.88 Å². The zero-order valence-electron chi connectivity index (χ0n) is 13.3. The van der Waals surface area contributed by atoms with Crippen molar-refractivity contribution in [3.05, 3.63) is 58.6 Å². The minimum atomic E-state index is -0.927. The normalized spacial score (nSPS) is 11.1. The summed E-state index contributed by atoms with van der Waals surface area (Å²) in [7, 11) is 0. The maximum atomic E-state index is 13.9. The van der Waals surface area contributed by atoms with Crippen LogP contribution in [0, 0.1) is 11.6 Å². The van der Waals surface area contributed by atoms with Crippen molar-refractivity contribution in [2.45, 2.75) is 19.8 Å². The Kier molecular flexibility index (Phi) is 4.59. The molecule has 0 atom stereocenters. The van der Waals surface area contributed by atoms with Crippen LogP contribution in [0.2, 0.25) is 5.28 Å². The highest BCUT2D eigenvalue weighted by Gasteiger charge is 2.22. The Morgan fingerprint density at radius 3 is 2.64 bits per heavy atom. The fraction of sp³-hybridized carbons (Fsp3) is 0.176. The van der Waals surface area contributed by atoms with Gasteiger partial charge in [0.1, 0.15) is 11.3 Å². The minimum Gasteiger partial charge on any atom is -0.400 e. The van der Waals surface area contributed by atoms with Crippen LogP contribution in [0.1, 0.15) is 35.7 Å². The van der Waals surface area contributed by atoms with E-state index in [1.54, 1.807) is 6.07 Å². The molecule has 0 aliphatic carbocycles. The van der Waals surface area contributed by atoms with E-state index in [-0.39, 0.29) is 22.3 Å². The van der Waals surface area contributed by atoms with Crippen molar-refractivity contribution in [1.82, 2.24) is 15.0 Å². The third-order valence-electron chi connectivity index (χ3n) is 3.56. The molecule has 2 aromatic heterocycles. The number of ether oxygens (including phenoxy) is 1. The molecule has 1 aromatic carbocycles. The highest BCUT2D eigenvalue weighted by molar-refractivity contribution is 6.28. The van der Waals surface area contributed by atoms with Crippen LogP contribution in [0.15, 0.2) is 30.6 Å². The van der Waals surface area contributed by atoms with Gasteiger partial charge in [0, 0.05) is 11.6 Å². The number of para-hydroxylation sites is 1. The third-order valence-corrected chi connectivity index (χ3v) is 3.74. The molecule has 0 saturated heterocycles. The van der Waals surface area contributed by atoms with Crippen LogP contribution >= 0.6 is 11.6 Å². The second-order valence-corrected chi connectivity index (χ2v) is 5.90. The van der Waals surface area contributed by atoms with Gasteiger partial charge >= 0.3 is 5.97 Å². The Labute approximate surface area is 146 Å². The Bertz CT molecular complexity index is 980. The summed E-state index contributed by atoms with van der Waals surface area (Å²) in [6, 6.07) is 4.49. The second kappa shape index (κ2) is 6.68. The van der Waals surface area contributed by atoms with Gasteiger partial charge in [-0.15, -0.1) is 0 Å². The number of benzene rings is 1. The van der Waals surface area contributed by atoms with Gasteiger partial charge in [-0.2, -0.15) is 9.37 Å². The molecule has 0 unspecified atom stereocenters. The number of pyridine rings is 1. The molecule has 0 radical (unpaired) electrons. The predicted molar refractivity (Wildman–Crippen MR) is 87.7 cm³/mol. The van der Waals surface area contributed by atoms with Crippen molar-refractivity contribution >= 4 is 28.5 Å². The molecule has 0 spiro atoms. The SMILES string of the molecule is CC(C)c1c(C(=O)Oc2nc(Cl)ncc2F)cnc2c(F)cccc12. The molecule has 8 heteroatoms. The summed E-state index contributed by atoms with van der Waals surface area (Å²) < 4.78 is 32.6. The second-order valence-electron chi connectivity index (χ2n) is 5.56. The molecule has 128 valence electrons. The molecule has 0 aliphatic rings. The predicted octanol–water partition coefficient (Wildman–Crippen LogP) is 4.30. The Morgan fingerprint density at radius 1 is 1.16 bits per heavy atom. The fourth-order valence-corrected chi connectivity index (χ4v) is 2.66. The number of esters is 1. The maximum Gasteiger partial charge on any atom is 0.346 e. The largest absolute Gasteiger partial charge is 0.400 e. The average molecular weight is 364 g/mol. The van der Waals surface area contributed by atoms with Gasteiger partial charge in [0.15, 0.2) is 0 Å². The lowest BCUT2D eigenvalue weighted by Crippen LogP contribution is -2.15. The lowest BCUT2D eigenvalue weighted by molar-refractivity contribution is 0.0717. The first-order chi connectivity index (χ1) is 11.9. The van der Waals surface area contributed by atoms with Gasteiger partial charge in [0.2, 0.25) is 11.1 Å². The number of nitrogens with zero attached hydrogens (tertiary/aromatic N) is 3. The summed E-state index contributed by atoms with van der Waals surface area (Å²) in [5.74, 6) is -3.00. The first-order valence-electron chi connectivity index (χ1n) is 7.35. The van der Waals surface area contributed by atoms with Crippen LogP contribution in [0.5, 0.6) is 5.88 Å². The van der Waals surface area contributed by atoms with Crippen molar-refractivity contribution < 1.29 is 18.3 Å². The average Bonchev–Trinajstić information content (AvgIpc) is 2.57. The molecule has 3 rings (SSSR count). The number of fused-ring (bicyclic) bond motifs is 1. The number of carbonyl (C=O) groups excluding carboxylic acids is 1. The van der Waals surface area contributed by atoms with Crippen LogP contribution < -0.4 is 4.74 Å². The van der Waals surface area contributed by atoms with Gasteiger partial charge in [0.05, 0.1) is 11.8 Å². The quantitative estimate of drug-likeness (QED) is 0.512. The van der Waals surface area contributed by atoms with E-state index in [4.69, 9.17) is 16.3 Å². The molecule has 0 aliphatic heterocycles. The van der Waals surface area contributed by atoms with Crippen molar-refractivity contribution in [2.24, 2.45) is 0 Å². The highest BCUT2D eigenvalue weighted by Crippen LogP contribution is 2.30. The molecule has 0 saturated carbocycles. The summed E-state index contributed by atoms with van der Waals surface area (Å²) in [6.07, 6.45) is 2.01. The Balaban J connectivity index is 2.10. The number of halogens is 3. The van der Waals surface area contributed by atoms with E-state index >= 15 is 0 Å². The van der Waals surface area contributed by atoms with E-state index < -0.39 is 23.5 Å². The maximum absolute atomic E-state index is 13.9. The van der Waals surface area contributed by atoms with Crippen LogP contribution in [0.4, 0.5) is 8.78 Å². The van der Waals surface area contributed by atoms with E-state index in [1.807, 2.05) is 13.8 Å². The molecular formula is C17H12ClF2N3O2. The summed E-state index contributed by atoms with van der Waals surface area (Å²) in [4.78, 5) is 23.5. The molecule has 0 N–H and O–H groups in total. The lowest BCUT2D eigenvalue weighted by atomic mass is 9.94. The monoisotopic (exact) mass is 363 g/mol. The molecule has 3 aromatic rings.